The number of nitrogens with zero attached hydrogens (tertiary/aromatic N) is 4. The highest BCUT2D eigenvalue weighted by molar-refractivity contribution is 5.93. The summed E-state index contributed by atoms with van der Waals surface area (Å²) in [5, 5.41) is 20.7. The molecule has 0 saturated carbocycles. The number of carbonyl (C=O) groups is 2. The van der Waals surface area contributed by atoms with Gasteiger partial charge < -0.3 is 10.4 Å². The third kappa shape index (κ3) is 3.26. The number of pyridine rings is 1. The minimum Gasteiger partial charge on any atom is -0.481 e. The zero-order valence-electron chi connectivity index (χ0n) is 14.7. The van der Waals surface area contributed by atoms with Gasteiger partial charge in [0.25, 0.3) is 5.91 Å². The van der Waals surface area contributed by atoms with E-state index in [1.54, 1.807) is 31.6 Å². The zero-order valence-corrected chi connectivity index (χ0v) is 14.7. The summed E-state index contributed by atoms with van der Waals surface area (Å²) in [7, 11) is 0. The zero-order chi connectivity index (χ0) is 18.9. The third-order valence-corrected chi connectivity index (χ3v) is 4.21. The van der Waals surface area contributed by atoms with Gasteiger partial charge in [-0.3, -0.25) is 14.6 Å². The number of aromatic nitrogens is 4. The van der Waals surface area contributed by atoms with Crippen molar-refractivity contribution in [2.75, 3.05) is 6.54 Å². The normalized spacial score (nSPS) is 11.5. The molecule has 0 bridgehead atoms. The second kappa shape index (κ2) is 6.55. The number of hydrogen-bond acceptors (Lipinski definition) is 5. The molecular weight excluding hydrogens is 334 g/mol. The van der Waals surface area contributed by atoms with Gasteiger partial charge in [0.05, 0.1) is 22.3 Å². The number of carbonyl (C=O) groups excluding carboxylic acids is 1. The summed E-state index contributed by atoms with van der Waals surface area (Å²) in [4.78, 5) is 27.8. The number of benzene rings is 1. The van der Waals surface area contributed by atoms with Gasteiger partial charge in [-0.05, 0) is 45.0 Å². The summed E-state index contributed by atoms with van der Waals surface area (Å²) in [6.45, 7) is 4.82. The number of carboxylic acid groups (broad SMARTS) is 1. The lowest BCUT2D eigenvalue weighted by atomic mass is 9.94. The van der Waals surface area contributed by atoms with Gasteiger partial charge in [-0.25, -0.2) is 4.68 Å². The second-order valence-electron chi connectivity index (χ2n) is 6.69. The molecule has 1 aromatic carbocycles. The predicted molar refractivity (Wildman–Crippen MR) is 95.1 cm³/mol. The van der Waals surface area contributed by atoms with Gasteiger partial charge in [0, 0.05) is 18.1 Å². The molecule has 0 aliphatic heterocycles. The molecule has 2 heterocycles. The fraction of sp³-hybridized carbons (Fsp3) is 0.278. The van der Waals surface area contributed by atoms with Gasteiger partial charge in [0.15, 0.2) is 5.69 Å². The van der Waals surface area contributed by atoms with E-state index < -0.39 is 17.3 Å². The van der Waals surface area contributed by atoms with E-state index in [9.17, 15) is 9.59 Å². The number of nitrogens with one attached hydrogen (secondary N) is 1. The molecule has 134 valence electrons. The molecule has 0 unspecified atom stereocenters. The minimum absolute atomic E-state index is 0.00485. The van der Waals surface area contributed by atoms with Crippen LogP contribution in [0.5, 0.6) is 0 Å². The van der Waals surface area contributed by atoms with Crippen LogP contribution in [0.25, 0.3) is 16.6 Å². The molecule has 0 fully saturated rings. The van der Waals surface area contributed by atoms with Crippen molar-refractivity contribution in [3.8, 4) is 5.69 Å². The van der Waals surface area contributed by atoms with Gasteiger partial charge in [-0.1, -0.05) is 11.3 Å². The Balaban J connectivity index is 1.85. The lowest BCUT2D eigenvalue weighted by Gasteiger charge is -2.19. The van der Waals surface area contributed by atoms with Crippen LogP contribution in [0.15, 0.2) is 36.5 Å². The van der Waals surface area contributed by atoms with E-state index in [1.165, 1.54) is 0 Å². The topological polar surface area (TPSA) is 110 Å². The van der Waals surface area contributed by atoms with Crippen LogP contribution < -0.4 is 5.32 Å². The van der Waals surface area contributed by atoms with E-state index in [2.05, 4.69) is 20.6 Å². The van der Waals surface area contributed by atoms with Crippen LogP contribution in [-0.4, -0.2) is 43.5 Å². The van der Waals surface area contributed by atoms with Gasteiger partial charge in [0.2, 0.25) is 0 Å². The Labute approximate surface area is 149 Å². The largest absolute Gasteiger partial charge is 0.481 e. The van der Waals surface area contributed by atoms with E-state index in [4.69, 9.17) is 5.11 Å². The molecule has 0 saturated heterocycles. The first-order valence-corrected chi connectivity index (χ1v) is 8.08. The van der Waals surface area contributed by atoms with Crippen molar-refractivity contribution >= 4 is 22.8 Å². The molecule has 8 heteroatoms. The molecule has 8 nitrogen and oxygen atoms in total. The number of fused-ring (bicyclic) bond motifs is 1. The number of aliphatic carboxylic acids is 1. The maximum Gasteiger partial charge on any atom is 0.310 e. The SMILES string of the molecule is Cc1c(C(=O)NCC(C)(C)C(=O)O)nnn1-c1ccc2ncccc2c1. The molecule has 2 N–H and O–H groups in total. The maximum absolute atomic E-state index is 12.4. The Kier molecular flexibility index (Phi) is 4.41. The highest BCUT2D eigenvalue weighted by atomic mass is 16.4. The van der Waals surface area contributed by atoms with E-state index in [0.717, 1.165) is 16.6 Å². The first-order chi connectivity index (χ1) is 12.3. The number of rotatable bonds is 5. The summed E-state index contributed by atoms with van der Waals surface area (Å²) >= 11 is 0. The molecule has 0 radical (unpaired) electrons. The molecule has 0 aliphatic rings. The smallest absolute Gasteiger partial charge is 0.310 e. The number of hydrogen-bond donors (Lipinski definition) is 2. The molecule has 3 aromatic rings. The third-order valence-electron chi connectivity index (χ3n) is 4.21. The highest BCUT2D eigenvalue weighted by Crippen LogP contribution is 2.19. The summed E-state index contributed by atoms with van der Waals surface area (Å²) in [6, 6.07) is 9.44. The van der Waals surface area contributed by atoms with Crippen LogP contribution in [0.4, 0.5) is 0 Å². The number of amides is 1. The Bertz CT molecular complexity index is 993. The second-order valence-corrected chi connectivity index (χ2v) is 6.69. The van der Waals surface area contributed by atoms with Crippen molar-refractivity contribution in [3.05, 3.63) is 47.9 Å². The molecule has 2 aromatic heterocycles. The molecular formula is C18H19N5O3. The lowest BCUT2D eigenvalue weighted by molar-refractivity contribution is -0.146. The first kappa shape index (κ1) is 17.5. The summed E-state index contributed by atoms with van der Waals surface area (Å²) in [5.74, 6) is -1.44. The maximum atomic E-state index is 12.4. The van der Waals surface area contributed by atoms with Crippen LogP contribution in [0, 0.1) is 12.3 Å². The highest BCUT2D eigenvalue weighted by Gasteiger charge is 2.28. The standard InChI is InChI=1S/C18H19N5O3/c1-11-15(16(24)20-10-18(2,3)17(25)26)21-22-23(11)13-6-7-14-12(9-13)5-4-8-19-14/h4-9H,10H2,1-3H3,(H,20,24)(H,25,26). The van der Waals surface area contributed by atoms with Crippen molar-refractivity contribution in [1.82, 2.24) is 25.3 Å². The van der Waals surface area contributed by atoms with Crippen molar-refractivity contribution in [3.63, 3.8) is 0 Å². The summed E-state index contributed by atoms with van der Waals surface area (Å²) in [6.07, 6.45) is 1.73. The van der Waals surface area contributed by atoms with Crippen LogP contribution in [-0.2, 0) is 4.79 Å². The molecule has 0 aliphatic carbocycles. The first-order valence-electron chi connectivity index (χ1n) is 8.08. The molecule has 0 atom stereocenters. The van der Waals surface area contributed by atoms with Gasteiger partial charge in [-0.2, -0.15) is 0 Å². The average molecular weight is 353 g/mol. The fourth-order valence-corrected chi connectivity index (χ4v) is 2.44. The monoisotopic (exact) mass is 353 g/mol. The Morgan fingerprint density at radius 1 is 1.27 bits per heavy atom. The van der Waals surface area contributed by atoms with Crippen molar-refractivity contribution in [2.24, 2.45) is 5.41 Å². The van der Waals surface area contributed by atoms with Gasteiger partial charge in [0.1, 0.15) is 0 Å². The number of carboxylic acids is 1. The van der Waals surface area contributed by atoms with Gasteiger partial charge in [-0.15, -0.1) is 5.10 Å². The molecule has 0 spiro atoms. The van der Waals surface area contributed by atoms with Crippen LogP contribution in [0.1, 0.15) is 30.0 Å². The van der Waals surface area contributed by atoms with Crippen LogP contribution in [0.2, 0.25) is 0 Å². The molecule has 26 heavy (non-hydrogen) atoms. The minimum atomic E-state index is -1.06. The Hall–Kier alpha value is -3.29. The quantitative estimate of drug-likeness (QED) is 0.725. The van der Waals surface area contributed by atoms with Crippen LogP contribution >= 0.6 is 0 Å². The Morgan fingerprint density at radius 2 is 2.04 bits per heavy atom. The predicted octanol–water partition coefficient (Wildman–Crippen LogP) is 1.96. The summed E-state index contributed by atoms with van der Waals surface area (Å²) in [5.41, 5.74) is 1.30. The van der Waals surface area contributed by atoms with E-state index in [0.29, 0.717) is 5.69 Å². The summed E-state index contributed by atoms with van der Waals surface area (Å²) < 4.78 is 1.57. The van der Waals surface area contributed by atoms with E-state index in [-0.39, 0.29) is 12.2 Å². The molecule has 1 amide bonds. The van der Waals surface area contributed by atoms with Crippen LogP contribution in [0.3, 0.4) is 0 Å². The van der Waals surface area contributed by atoms with E-state index >= 15 is 0 Å². The Morgan fingerprint density at radius 3 is 2.77 bits per heavy atom. The average Bonchev–Trinajstić information content (AvgIpc) is 3.00. The van der Waals surface area contributed by atoms with Crippen molar-refractivity contribution in [2.45, 2.75) is 20.8 Å². The van der Waals surface area contributed by atoms with Gasteiger partial charge >= 0.3 is 5.97 Å². The van der Waals surface area contributed by atoms with E-state index in [1.807, 2.05) is 30.3 Å². The fourth-order valence-electron chi connectivity index (χ4n) is 2.44. The molecule has 3 rings (SSSR count). The lowest BCUT2D eigenvalue weighted by Crippen LogP contribution is -2.39. The van der Waals surface area contributed by atoms with Crippen molar-refractivity contribution in [1.29, 1.82) is 0 Å². The van der Waals surface area contributed by atoms with Crippen molar-refractivity contribution < 1.29 is 14.7 Å².